The summed E-state index contributed by atoms with van der Waals surface area (Å²) in [6.07, 6.45) is 3.63. The molecule has 1 aromatic carbocycles. The predicted octanol–water partition coefficient (Wildman–Crippen LogP) is 1.75. The van der Waals surface area contributed by atoms with Gasteiger partial charge < -0.3 is 9.47 Å². The van der Waals surface area contributed by atoms with Crippen molar-refractivity contribution in [1.82, 2.24) is 9.97 Å². The maximum absolute atomic E-state index is 5.56. The van der Waals surface area contributed by atoms with E-state index in [1.807, 2.05) is 24.3 Å². The van der Waals surface area contributed by atoms with E-state index in [0.29, 0.717) is 5.69 Å². The highest BCUT2D eigenvalue weighted by molar-refractivity contribution is 5.42. The van der Waals surface area contributed by atoms with Crippen molar-refractivity contribution in [2.75, 3.05) is 0 Å². The van der Waals surface area contributed by atoms with Crippen LogP contribution in [-0.2, 0) is 0 Å². The maximum Gasteiger partial charge on any atom is 0.285 e. The Morgan fingerprint density at radius 1 is 1.07 bits per heavy atom. The van der Waals surface area contributed by atoms with E-state index in [1.54, 1.807) is 12.3 Å². The number of nitrogens with zero attached hydrogens (tertiary/aromatic N) is 2. The zero-order valence-electron chi connectivity index (χ0n) is 7.75. The number of hydrogen-bond acceptors (Lipinski definition) is 4. The van der Waals surface area contributed by atoms with Crippen LogP contribution in [0.3, 0.4) is 0 Å². The zero-order chi connectivity index (χ0) is 10.1. The Hall–Kier alpha value is -2.10. The Balaban J connectivity index is 1.91. The molecule has 0 N–H and O–H groups in total. The molecule has 1 aliphatic rings. The van der Waals surface area contributed by atoms with Crippen molar-refractivity contribution in [3.05, 3.63) is 48.5 Å². The van der Waals surface area contributed by atoms with Gasteiger partial charge in [0.25, 0.3) is 6.29 Å². The summed E-state index contributed by atoms with van der Waals surface area (Å²) in [5, 5.41) is 0. The minimum Gasteiger partial charge on any atom is -0.445 e. The van der Waals surface area contributed by atoms with Crippen LogP contribution in [0.2, 0.25) is 0 Å². The topological polar surface area (TPSA) is 44.2 Å². The first-order chi connectivity index (χ1) is 7.43. The van der Waals surface area contributed by atoms with Gasteiger partial charge in [0.1, 0.15) is 5.69 Å². The van der Waals surface area contributed by atoms with Crippen molar-refractivity contribution < 1.29 is 9.47 Å². The van der Waals surface area contributed by atoms with Crippen LogP contribution in [0.1, 0.15) is 12.0 Å². The van der Waals surface area contributed by atoms with Gasteiger partial charge in [-0.1, -0.05) is 12.1 Å². The fourth-order valence-corrected chi connectivity index (χ4v) is 1.42. The highest BCUT2D eigenvalue weighted by Crippen LogP contribution is 2.39. The normalized spacial score (nSPS) is 14.1. The first kappa shape index (κ1) is 8.23. The molecule has 3 rings (SSSR count). The van der Waals surface area contributed by atoms with Crippen molar-refractivity contribution in [1.29, 1.82) is 0 Å². The SMILES string of the molecule is [c]1nccc(C2Oc3ccccc3O2)n1. The van der Waals surface area contributed by atoms with Gasteiger partial charge in [-0.15, -0.1) is 0 Å². The summed E-state index contributed by atoms with van der Waals surface area (Å²) in [4.78, 5) is 7.68. The van der Waals surface area contributed by atoms with Gasteiger partial charge in [-0.2, -0.15) is 0 Å². The fourth-order valence-electron chi connectivity index (χ4n) is 1.42. The molecule has 4 nitrogen and oxygen atoms in total. The van der Waals surface area contributed by atoms with Crippen LogP contribution < -0.4 is 9.47 Å². The van der Waals surface area contributed by atoms with Gasteiger partial charge in [-0.3, -0.25) is 0 Å². The van der Waals surface area contributed by atoms with Crippen LogP contribution >= 0.6 is 0 Å². The monoisotopic (exact) mass is 199 g/mol. The highest BCUT2D eigenvalue weighted by Gasteiger charge is 2.25. The van der Waals surface area contributed by atoms with Gasteiger partial charge in [0.15, 0.2) is 17.8 Å². The lowest BCUT2D eigenvalue weighted by Crippen LogP contribution is -2.09. The van der Waals surface area contributed by atoms with Crippen molar-refractivity contribution in [2.45, 2.75) is 6.29 Å². The summed E-state index contributed by atoms with van der Waals surface area (Å²) >= 11 is 0. The average molecular weight is 199 g/mol. The van der Waals surface area contributed by atoms with Crippen LogP contribution in [0.5, 0.6) is 11.5 Å². The molecule has 0 fully saturated rings. The third kappa shape index (κ3) is 1.40. The number of fused-ring (bicyclic) bond motifs is 1. The average Bonchev–Trinajstić information content (AvgIpc) is 2.74. The number of hydrogen-bond donors (Lipinski definition) is 0. The minimum atomic E-state index is -0.485. The zero-order valence-corrected chi connectivity index (χ0v) is 7.75. The van der Waals surface area contributed by atoms with Crippen molar-refractivity contribution in [2.24, 2.45) is 0 Å². The number of ether oxygens (including phenoxy) is 2. The van der Waals surface area contributed by atoms with E-state index >= 15 is 0 Å². The van der Waals surface area contributed by atoms with Gasteiger partial charge in [0.05, 0.1) is 0 Å². The fraction of sp³-hybridized carbons (Fsp3) is 0.0909. The Bertz CT molecular complexity index is 448. The van der Waals surface area contributed by atoms with Gasteiger partial charge in [-0.25, -0.2) is 9.97 Å². The standard InChI is InChI=1S/C11H7N2O2/c1-2-4-10-9(3-1)14-11(15-10)8-5-6-12-7-13-8/h1-6,11H. The van der Waals surface area contributed by atoms with E-state index in [-0.39, 0.29) is 0 Å². The third-order valence-electron chi connectivity index (χ3n) is 2.12. The highest BCUT2D eigenvalue weighted by atomic mass is 16.7. The Labute approximate surface area is 86.5 Å². The Morgan fingerprint density at radius 3 is 2.40 bits per heavy atom. The van der Waals surface area contributed by atoms with E-state index in [2.05, 4.69) is 16.3 Å². The largest absolute Gasteiger partial charge is 0.445 e. The molecule has 15 heavy (non-hydrogen) atoms. The molecular formula is C11H7N2O2. The summed E-state index contributed by atoms with van der Waals surface area (Å²) in [6, 6.07) is 9.26. The maximum atomic E-state index is 5.56. The summed E-state index contributed by atoms with van der Waals surface area (Å²) in [5.41, 5.74) is 0.668. The lowest BCUT2D eigenvalue weighted by molar-refractivity contribution is 0.0445. The molecule has 0 saturated heterocycles. The summed E-state index contributed by atoms with van der Waals surface area (Å²) in [6.45, 7) is 0. The number of para-hydroxylation sites is 2. The second-order valence-corrected chi connectivity index (χ2v) is 3.10. The summed E-state index contributed by atoms with van der Waals surface area (Å²) in [5.74, 6) is 1.47. The molecule has 0 bridgehead atoms. The second-order valence-electron chi connectivity index (χ2n) is 3.10. The Morgan fingerprint density at radius 2 is 1.80 bits per heavy atom. The molecule has 0 atom stereocenters. The smallest absolute Gasteiger partial charge is 0.285 e. The lowest BCUT2D eigenvalue weighted by atomic mass is 10.3. The van der Waals surface area contributed by atoms with Crippen LogP contribution in [0.25, 0.3) is 0 Å². The molecule has 73 valence electrons. The molecule has 1 aliphatic heterocycles. The van der Waals surface area contributed by atoms with Gasteiger partial charge >= 0.3 is 0 Å². The molecular weight excluding hydrogens is 192 g/mol. The first-order valence-corrected chi connectivity index (χ1v) is 4.55. The molecule has 1 radical (unpaired) electrons. The Kier molecular flexibility index (Phi) is 1.78. The molecule has 0 amide bonds. The van der Waals surface area contributed by atoms with Gasteiger partial charge in [-0.05, 0) is 18.2 Å². The van der Waals surface area contributed by atoms with E-state index in [1.165, 1.54) is 0 Å². The predicted molar refractivity (Wildman–Crippen MR) is 51.3 cm³/mol. The van der Waals surface area contributed by atoms with Crippen molar-refractivity contribution in [3.63, 3.8) is 0 Å². The van der Waals surface area contributed by atoms with Crippen LogP contribution in [0.4, 0.5) is 0 Å². The number of benzene rings is 1. The van der Waals surface area contributed by atoms with Crippen LogP contribution in [0, 0.1) is 6.33 Å². The number of rotatable bonds is 1. The van der Waals surface area contributed by atoms with Crippen LogP contribution in [-0.4, -0.2) is 9.97 Å². The van der Waals surface area contributed by atoms with E-state index < -0.39 is 6.29 Å². The van der Waals surface area contributed by atoms with Gasteiger partial charge in [0.2, 0.25) is 0 Å². The molecule has 4 heteroatoms. The molecule has 0 spiro atoms. The number of aromatic nitrogens is 2. The second kappa shape index (κ2) is 3.24. The first-order valence-electron chi connectivity index (χ1n) is 4.55. The molecule has 0 saturated carbocycles. The van der Waals surface area contributed by atoms with E-state index in [9.17, 15) is 0 Å². The lowest BCUT2D eigenvalue weighted by Gasteiger charge is -2.07. The van der Waals surface area contributed by atoms with Crippen molar-refractivity contribution in [3.8, 4) is 11.5 Å². The summed E-state index contributed by atoms with van der Waals surface area (Å²) in [7, 11) is 0. The van der Waals surface area contributed by atoms with Gasteiger partial charge in [0, 0.05) is 6.20 Å². The molecule has 0 unspecified atom stereocenters. The van der Waals surface area contributed by atoms with Crippen LogP contribution in [0.15, 0.2) is 36.5 Å². The molecule has 0 aliphatic carbocycles. The molecule has 2 aromatic rings. The quantitative estimate of drug-likeness (QED) is 0.701. The van der Waals surface area contributed by atoms with Crippen molar-refractivity contribution >= 4 is 0 Å². The van der Waals surface area contributed by atoms with E-state index in [4.69, 9.17) is 9.47 Å². The molecule has 2 heterocycles. The summed E-state index contributed by atoms with van der Waals surface area (Å²) < 4.78 is 11.1. The third-order valence-corrected chi connectivity index (χ3v) is 2.12. The minimum absolute atomic E-state index is 0.485. The van der Waals surface area contributed by atoms with E-state index in [0.717, 1.165) is 11.5 Å². The molecule has 1 aromatic heterocycles.